The monoisotopic (exact) mass is 293 g/mol. The first-order valence-electron chi connectivity index (χ1n) is 6.58. The molecule has 0 fully saturated rings. The second-order valence-electron chi connectivity index (χ2n) is 4.44. The molecule has 0 aliphatic heterocycles. The highest BCUT2D eigenvalue weighted by atomic mass is 35.5. The summed E-state index contributed by atoms with van der Waals surface area (Å²) in [7, 11) is 0. The van der Waals surface area contributed by atoms with Gasteiger partial charge in [-0.2, -0.15) is 0 Å². The Labute approximate surface area is 123 Å². The third kappa shape index (κ3) is 4.83. The molecule has 0 aromatic heterocycles. The molecule has 0 radical (unpaired) electrons. The van der Waals surface area contributed by atoms with Gasteiger partial charge >= 0.3 is 0 Å². The predicted octanol–water partition coefficient (Wildman–Crippen LogP) is 4.04. The Morgan fingerprint density at radius 3 is 2.65 bits per heavy atom. The fourth-order valence-electron chi connectivity index (χ4n) is 1.79. The van der Waals surface area contributed by atoms with E-state index in [4.69, 9.17) is 16.3 Å². The summed E-state index contributed by atoms with van der Waals surface area (Å²) in [5.41, 5.74) is 0.973. The summed E-state index contributed by atoms with van der Waals surface area (Å²) in [6.07, 6.45) is 0.907. The second kappa shape index (κ2) is 7.88. The van der Waals surface area contributed by atoms with Crippen LogP contribution < -0.4 is 10.1 Å². The van der Waals surface area contributed by atoms with E-state index >= 15 is 0 Å². The minimum absolute atomic E-state index is 0.164. The van der Waals surface area contributed by atoms with Gasteiger partial charge in [0.15, 0.2) is 0 Å². The van der Waals surface area contributed by atoms with Crippen LogP contribution in [0.1, 0.15) is 12.0 Å². The van der Waals surface area contributed by atoms with Crippen molar-refractivity contribution in [1.82, 2.24) is 5.32 Å². The van der Waals surface area contributed by atoms with E-state index in [2.05, 4.69) is 5.32 Å². The summed E-state index contributed by atoms with van der Waals surface area (Å²) in [6, 6.07) is 14.5. The molecule has 0 heterocycles. The zero-order valence-corrected chi connectivity index (χ0v) is 11.9. The molecule has 0 aliphatic carbocycles. The Morgan fingerprint density at radius 2 is 1.90 bits per heavy atom. The Hall–Kier alpha value is -1.58. The van der Waals surface area contributed by atoms with Crippen molar-refractivity contribution in [3.8, 4) is 5.75 Å². The minimum atomic E-state index is -0.383. The van der Waals surface area contributed by atoms with Crippen LogP contribution in [-0.2, 0) is 6.54 Å². The number of para-hydroxylation sites is 1. The van der Waals surface area contributed by atoms with Crippen molar-refractivity contribution < 1.29 is 9.13 Å². The number of nitrogens with one attached hydrogen (secondary N) is 1. The van der Waals surface area contributed by atoms with Gasteiger partial charge in [-0.25, -0.2) is 4.39 Å². The summed E-state index contributed by atoms with van der Waals surface area (Å²) in [5.74, 6) is 0.504. The largest absolute Gasteiger partial charge is 0.494 e. The zero-order valence-electron chi connectivity index (χ0n) is 11.1. The van der Waals surface area contributed by atoms with Crippen molar-refractivity contribution in [2.45, 2.75) is 13.0 Å². The van der Waals surface area contributed by atoms with Crippen molar-refractivity contribution in [1.29, 1.82) is 0 Å². The SMILES string of the molecule is Fc1ccc(CNCCCOc2ccccc2)cc1Cl. The standard InChI is InChI=1S/C16H17ClFNO/c17-15-11-13(7-8-16(15)18)12-19-9-4-10-20-14-5-2-1-3-6-14/h1-3,5-8,11,19H,4,9-10,12H2. The number of rotatable bonds is 7. The van der Waals surface area contributed by atoms with Crippen LogP contribution >= 0.6 is 11.6 Å². The van der Waals surface area contributed by atoms with Gasteiger partial charge in [-0.15, -0.1) is 0 Å². The molecule has 0 unspecified atom stereocenters. The predicted molar refractivity (Wildman–Crippen MR) is 79.7 cm³/mol. The molecule has 20 heavy (non-hydrogen) atoms. The van der Waals surface area contributed by atoms with Crippen LogP contribution in [0, 0.1) is 5.82 Å². The Morgan fingerprint density at radius 1 is 1.10 bits per heavy atom. The zero-order chi connectivity index (χ0) is 14.2. The van der Waals surface area contributed by atoms with Crippen LogP contribution in [0.2, 0.25) is 5.02 Å². The average molecular weight is 294 g/mol. The molecule has 0 bridgehead atoms. The van der Waals surface area contributed by atoms with Crippen molar-refractivity contribution in [3.63, 3.8) is 0 Å². The normalized spacial score (nSPS) is 10.5. The maximum atomic E-state index is 13.0. The maximum Gasteiger partial charge on any atom is 0.141 e. The lowest BCUT2D eigenvalue weighted by atomic mass is 10.2. The smallest absolute Gasteiger partial charge is 0.141 e. The van der Waals surface area contributed by atoms with Gasteiger partial charge in [-0.1, -0.05) is 35.9 Å². The molecule has 4 heteroatoms. The molecule has 0 aliphatic rings. The first kappa shape index (κ1) is 14.8. The lowest BCUT2D eigenvalue weighted by Crippen LogP contribution is -2.17. The van der Waals surface area contributed by atoms with E-state index in [9.17, 15) is 4.39 Å². The number of hydrogen-bond acceptors (Lipinski definition) is 2. The molecule has 0 atom stereocenters. The number of halogens is 2. The minimum Gasteiger partial charge on any atom is -0.494 e. The molecule has 0 saturated heterocycles. The summed E-state index contributed by atoms with van der Waals surface area (Å²) in [5, 5.41) is 3.44. The van der Waals surface area contributed by atoms with Crippen molar-refractivity contribution >= 4 is 11.6 Å². The first-order chi connectivity index (χ1) is 9.75. The van der Waals surface area contributed by atoms with Gasteiger partial charge in [0.1, 0.15) is 11.6 Å². The van der Waals surface area contributed by atoms with Gasteiger partial charge < -0.3 is 10.1 Å². The van der Waals surface area contributed by atoms with Crippen LogP contribution in [0.5, 0.6) is 5.75 Å². The van der Waals surface area contributed by atoms with Crippen LogP contribution in [-0.4, -0.2) is 13.2 Å². The Balaban J connectivity index is 1.61. The molecule has 0 amide bonds. The fraction of sp³-hybridized carbons (Fsp3) is 0.250. The van der Waals surface area contributed by atoms with Crippen molar-refractivity contribution in [2.75, 3.05) is 13.2 Å². The summed E-state index contributed by atoms with van der Waals surface area (Å²) in [4.78, 5) is 0. The van der Waals surface area contributed by atoms with Gasteiger partial charge in [-0.3, -0.25) is 0 Å². The summed E-state index contributed by atoms with van der Waals surface area (Å²) < 4.78 is 18.6. The van der Waals surface area contributed by atoms with E-state index < -0.39 is 0 Å². The second-order valence-corrected chi connectivity index (χ2v) is 4.85. The van der Waals surface area contributed by atoms with Gasteiger partial charge in [0.25, 0.3) is 0 Å². The molecular weight excluding hydrogens is 277 g/mol. The highest BCUT2D eigenvalue weighted by molar-refractivity contribution is 6.30. The van der Waals surface area contributed by atoms with Crippen molar-refractivity contribution in [2.24, 2.45) is 0 Å². The highest BCUT2D eigenvalue weighted by Crippen LogP contribution is 2.15. The topological polar surface area (TPSA) is 21.3 Å². The quantitative estimate of drug-likeness (QED) is 0.778. The molecule has 2 aromatic carbocycles. The lowest BCUT2D eigenvalue weighted by Gasteiger charge is -2.07. The van der Waals surface area contributed by atoms with E-state index in [0.29, 0.717) is 13.2 Å². The lowest BCUT2D eigenvalue weighted by molar-refractivity contribution is 0.308. The molecule has 1 N–H and O–H groups in total. The fourth-order valence-corrected chi connectivity index (χ4v) is 1.99. The number of ether oxygens (including phenoxy) is 1. The van der Waals surface area contributed by atoms with Crippen molar-refractivity contribution in [3.05, 3.63) is 64.9 Å². The molecule has 2 aromatic rings. The van der Waals surface area contributed by atoms with E-state index in [1.165, 1.54) is 6.07 Å². The van der Waals surface area contributed by atoms with Gasteiger partial charge in [0.2, 0.25) is 0 Å². The number of hydrogen-bond donors (Lipinski definition) is 1. The average Bonchev–Trinajstić information content (AvgIpc) is 2.47. The van der Waals surface area contributed by atoms with E-state index in [1.54, 1.807) is 12.1 Å². The third-order valence-electron chi connectivity index (χ3n) is 2.82. The molecule has 106 valence electrons. The van der Waals surface area contributed by atoms with Gasteiger partial charge in [0, 0.05) is 6.54 Å². The molecule has 0 spiro atoms. The number of benzene rings is 2. The Kier molecular flexibility index (Phi) is 5.84. The molecular formula is C16H17ClFNO. The van der Waals surface area contributed by atoms with Crippen LogP contribution in [0.3, 0.4) is 0 Å². The van der Waals surface area contributed by atoms with Gasteiger partial charge in [-0.05, 0) is 42.8 Å². The van der Waals surface area contributed by atoms with E-state index in [0.717, 1.165) is 24.3 Å². The third-order valence-corrected chi connectivity index (χ3v) is 3.11. The first-order valence-corrected chi connectivity index (χ1v) is 6.96. The summed E-state index contributed by atoms with van der Waals surface area (Å²) >= 11 is 5.72. The highest BCUT2D eigenvalue weighted by Gasteiger charge is 2.00. The van der Waals surface area contributed by atoms with Crippen LogP contribution in [0.25, 0.3) is 0 Å². The maximum absolute atomic E-state index is 13.0. The van der Waals surface area contributed by atoms with E-state index in [1.807, 2.05) is 30.3 Å². The summed E-state index contributed by atoms with van der Waals surface area (Å²) in [6.45, 7) is 2.17. The van der Waals surface area contributed by atoms with E-state index in [-0.39, 0.29) is 10.8 Å². The Bertz CT molecular complexity index is 533. The molecule has 2 nitrogen and oxygen atoms in total. The van der Waals surface area contributed by atoms with Gasteiger partial charge in [0.05, 0.1) is 11.6 Å². The van der Waals surface area contributed by atoms with Crippen LogP contribution in [0.4, 0.5) is 4.39 Å². The molecule has 0 saturated carbocycles. The van der Waals surface area contributed by atoms with Crippen LogP contribution in [0.15, 0.2) is 48.5 Å². The molecule has 2 rings (SSSR count).